The highest BCUT2D eigenvalue weighted by molar-refractivity contribution is 5.86. The molecule has 0 bridgehead atoms. The largest absolute Gasteiger partial charge is 0.416 e. The number of aryl methyl sites for hydroxylation is 1. The highest BCUT2D eigenvalue weighted by Gasteiger charge is 2.32. The summed E-state index contributed by atoms with van der Waals surface area (Å²) < 4.78 is 42.5. The minimum atomic E-state index is -4.44. The van der Waals surface area contributed by atoms with Gasteiger partial charge in [0.2, 0.25) is 5.91 Å². The molecule has 0 radical (unpaired) electrons. The first-order valence-corrected chi connectivity index (χ1v) is 11.4. The highest BCUT2D eigenvalue weighted by Crippen LogP contribution is 2.38. The second kappa shape index (κ2) is 8.67. The minimum absolute atomic E-state index is 0.0511. The Morgan fingerprint density at radius 2 is 1.71 bits per heavy atom. The van der Waals surface area contributed by atoms with Crippen LogP contribution >= 0.6 is 0 Å². The number of halogens is 3. The lowest BCUT2D eigenvalue weighted by atomic mass is 9.86. The number of carbonyl (C=O) groups is 1. The molecule has 0 aliphatic carbocycles. The van der Waals surface area contributed by atoms with Crippen molar-refractivity contribution < 1.29 is 18.0 Å². The third-order valence-corrected chi connectivity index (χ3v) is 6.78. The lowest BCUT2D eigenvalue weighted by Gasteiger charge is -2.30. The van der Waals surface area contributed by atoms with Gasteiger partial charge in [-0.05, 0) is 40.8 Å². The molecule has 34 heavy (non-hydrogen) atoms. The molecule has 5 rings (SSSR count). The van der Waals surface area contributed by atoms with Gasteiger partial charge in [0.15, 0.2) is 0 Å². The Morgan fingerprint density at radius 1 is 0.971 bits per heavy atom. The van der Waals surface area contributed by atoms with Crippen molar-refractivity contribution in [2.45, 2.75) is 31.5 Å². The molecule has 0 unspecified atom stereocenters. The molecule has 2 heterocycles. The number of hydrogen-bond acceptors (Lipinski definition) is 1. The van der Waals surface area contributed by atoms with Crippen molar-refractivity contribution in [2.75, 3.05) is 6.54 Å². The van der Waals surface area contributed by atoms with Gasteiger partial charge in [-0.15, -0.1) is 0 Å². The van der Waals surface area contributed by atoms with Crippen LogP contribution in [0.2, 0.25) is 0 Å². The lowest BCUT2D eigenvalue weighted by Crippen LogP contribution is -2.36. The first-order chi connectivity index (χ1) is 16.3. The fourth-order valence-electron chi connectivity index (χ4n) is 5.00. The van der Waals surface area contributed by atoms with Gasteiger partial charge in [-0.1, -0.05) is 60.7 Å². The van der Waals surface area contributed by atoms with Crippen LogP contribution in [0.4, 0.5) is 13.2 Å². The van der Waals surface area contributed by atoms with Crippen LogP contribution < -0.4 is 0 Å². The first kappa shape index (κ1) is 22.3. The van der Waals surface area contributed by atoms with Gasteiger partial charge in [0, 0.05) is 49.6 Å². The molecule has 174 valence electrons. The number of rotatable bonds is 4. The first-order valence-electron chi connectivity index (χ1n) is 11.4. The predicted octanol–water partition coefficient (Wildman–Crippen LogP) is 6.30. The van der Waals surface area contributed by atoms with Crippen LogP contribution in [0.3, 0.4) is 0 Å². The van der Waals surface area contributed by atoms with Gasteiger partial charge in [-0.3, -0.25) is 4.79 Å². The Hall–Kier alpha value is -3.54. The number of hydrogen-bond donors (Lipinski definition) is 0. The normalized spacial score (nSPS) is 14.8. The van der Waals surface area contributed by atoms with Crippen LogP contribution in [0.1, 0.15) is 40.2 Å². The van der Waals surface area contributed by atoms with Gasteiger partial charge in [-0.2, -0.15) is 13.2 Å². The lowest BCUT2D eigenvalue weighted by molar-refractivity contribution is -0.137. The molecule has 0 spiro atoms. The summed E-state index contributed by atoms with van der Waals surface area (Å²) in [6, 6.07) is 21.3. The number of para-hydroxylation sites is 1. The maximum atomic E-state index is 13.5. The number of nitrogens with zero attached hydrogens (tertiary/aromatic N) is 2. The Morgan fingerprint density at radius 3 is 2.50 bits per heavy atom. The number of carbonyl (C=O) groups excluding carboxylic acids is 1. The number of fused-ring (bicyclic) bond motifs is 2. The summed E-state index contributed by atoms with van der Waals surface area (Å²) in [5, 5.41) is 0.948. The Labute approximate surface area is 196 Å². The molecule has 3 aromatic carbocycles. The molecule has 3 nitrogen and oxygen atoms in total. The Bertz CT molecular complexity index is 1360. The number of alkyl halides is 3. The maximum absolute atomic E-state index is 13.5. The summed E-state index contributed by atoms with van der Waals surface area (Å²) in [6.45, 7) is 1.14. The quantitative estimate of drug-likeness (QED) is 0.349. The van der Waals surface area contributed by atoms with Crippen molar-refractivity contribution in [1.82, 2.24) is 9.47 Å². The van der Waals surface area contributed by atoms with E-state index in [-0.39, 0.29) is 12.3 Å². The molecule has 0 saturated heterocycles. The molecule has 1 aliphatic heterocycles. The van der Waals surface area contributed by atoms with E-state index in [1.165, 1.54) is 17.7 Å². The topological polar surface area (TPSA) is 25.2 Å². The van der Waals surface area contributed by atoms with Crippen molar-refractivity contribution in [3.8, 4) is 0 Å². The van der Waals surface area contributed by atoms with E-state index in [4.69, 9.17) is 0 Å². The molecule has 4 aromatic rings. The fraction of sp³-hybridized carbons (Fsp3) is 0.250. The molecule has 0 fully saturated rings. The van der Waals surface area contributed by atoms with Gasteiger partial charge in [0.25, 0.3) is 0 Å². The molecule has 1 aliphatic rings. The zero-order chi connectivity index (χ0) is 23.9. The molecule has 0 N–H and O–H groups in total. The van der Waals surface area contributed by atoms with Gasteiger partial charge < -0.3 is 9.47 Å². The van der Waals surface area contributed by atoms with Crippen LogP contribution in [0.25, 0.3) is 10.9 Å². The highest BCUT2D eigenvalue weighted by atomic mass is 19.4. The van der Waals surface area contributed by atoms with Crippen LogP contribution in [-0.4, -0.2) is 21.9 Å². The van der Waals surface area contributed by atoms with Crippen LogP contribution in [0.15, 0.2) is 79.0 Å². The Balaban J connectivity index is 1.53. The van der Waals surface area contributed by atoms with E-state index >= 15 is 0 Å². The van der Waals surface area contributed by atoms with Crippen LogP contribution in [0, 0.1) is 0 Å². The third-order valence-electron chi connectivity index (χ3n) is 6.78. The fourth-order valence-corrected chi connectivity index (χ4v) is 5.00. The van der Waals surface area contributed by atoms with Crippen LogP contribution in [0.5, 0.6) is 0 Å². The molecule has 6 heteroatoms. The average molecular weight is 463 g/mol. The summed E-state index contributed by atoms with van der Waals surface area (Å²) >= 11 is 0. The van der Waals surface area contributed by atoms with Crippen molar-refractivity contribution >= 4 is 16.8 Å². The molecule has 1 aromatic heterocycles. The standard InChI is InChI=1S/C28H25F3N2O/c1-32-18-25(23-11-4-5-12-26(23)32)24(20-9-6-10-22(15-20)28(29,30)31)16-27(34)33-14-13-19-7-2-3-8-21(19)17-33/h2-12,15,18,24H,13-14,16-17H2,1H3/t24-/m0/s1. The van der Waals surface area contributed by atoms with E-state index in [0.717, 1.165) is 34.5 Å². The molecule has 1 amide bonds. The van der Waals surface area contributed by atoms with E-state index in [1.807, 2.05) is 65.2 Å². The van der Waals surface area contributed by atoms with Gasteiger partial charge in [-0.25, -0.2) is 0 Å². The van der Waals surface area contributed by atoms with E-state index in [0.29, 0.717) is 18.7 Å². The summed E-state index contributed by atoms with van der Waals surface area (Å²) in [5.74, 6) is -0.539. The second-order valence-electron chi connectivity index (χ2n) is 8.93. The monoisotopic (exact) mass is 462 g/mol. The number of benzene rings is 3. The maximum Gasteiger partial charge on any atom is 0.416 e. The van der Waals surface area contributed by atoms with E-state index in [2.05, 4.69) is 6.07 Å². The van der Waals surface area contributed by atoms with E-state index in [9.17, 15) is 18.0 Å². The zero-order valence-electron chi connectivity index (χ0n) is 18.8. The summed E-state index contributed by atoms with van der Waals surface area (Å²) in [7, 11) is 1.92. The Kier molecular flexibility index (Phi) is 5.68. The van der Waals surface area contributed by atoms with Gasteiger partial charge >= 0.3 is 6.18 Å². The second-order valence-corrected chi connectivity index (χ2v) is 8.93. The predicted molar refractivity (Wildman–Crippen MR) is 126 cm³/mol. The van der Waals surface area contributed by atoms with E-state index < -0.39 is 17.7 Å². The summed E-state index contributed by atoms with van der Waals surface area (Å²) in [4.78, 5) is 15.3. The molecular weight excluding hydrogens is 437 g/mol. The van der Waals surface area contributed by atoms with Crippen molar-refractivity contribution in [3.05, 3.63) is 107 Å². The summed E-state index contributed by atoms with van der Waals surface area (Å²) in [6.07, 6.45) is -1.61. The van der Waals surface area contributed by atoms with Crippen molar-refractivity contribution in [3.63, 3.8) is 0 Å². The van der Waals surface area contributed by atoms with Gasteiger partial charge in [0.1, 0.15) is 0 Å². The van der Waals surface area contributed by atoms with Gasteiger partial charge in [0.05, 0.1) is 5.56 Å². The minimum Gasteiger partial charge on any atom is -0.350 e. The third kappa shape index (κ3) is 4.20. The number of amides is 1. The molecule has 0 saturated carbocycles. The molecule has 1 atom stereocenters. The average Bonchev–Trinajstić information content (AvgIpc) is 3.18. The zero-order valence-corrected chi connectivity index (χ0v) is 18.8. The summed E-state index contributed by atoms with van der Waals surface area (Å²) in [5.41, 5.74) is 4.02. The smallest absolute Gasteiger partial charge is 0.350 e. The molecular formula is C28H25F3N2O. The van der Waals surface area contributed by atoms with E-state index in [1.54, 1.807) is 6.07 Å². The number of aromatic nitrogens is 1. The van der Waals surface area contributed by atoms with Crippen molar-refractivity contribution in [1.29, 1.82) is 0 Å². The van der Waals surface area contributed by atoms with Crippen LogP contribution in [-0.2, 0) is 31.0 Å². The van der Waals surface area contributed by atoms with Crippen molar-refractivity contribution in [2.24, 2.45) is 7.05 Å². The SMILES string of the molecule is Cn1cc([C@@H](CC(=O)N2CCc3ccccc3C2)c2cccc(C(F)(F)F)c2)c2ccccc21.